The highest BCUT2D eigenvalue weighted by atomic mass is 79.9. The SMILES string of the molecule is CNC1CCN(c2ccc(C)cc2Br)CC1. The molecule has 0 atom stereocenters. The van der Waals surface area contributed by atoms with E-state index in [2.05, 4.69) is 58.3 Å². The Morgan fingerprint density at radius 2 is 2.00 bits per heavy atom. The Balaban J connectivity index is 2.08. The summed E-state index contributed by atoms with van der Waals surface area (Å²) in [7, 11) is 2.06. The van der Waals surface area contributed by atoms with Gasteiger partial charge < -0.3 is 10.2 Å². The molecule has 1 saturated heterocycles. The molecule has 0 radical (unpaired) electrons. The van der Waals surface area contributed by atoms with Gasteiger partial charge in [0.15, 0.2) is 0 Å². The molecule has 1 aliphatic rings. The molecule has 0 bridgehead atoms. The molecule has 0 saturated carbocycles. The third-order valence-electron chi connectivity index (χ3n) is 3.35. The Hall–Kier alpha value is -0.540. The molecule has 0 spiro atoms. The summed E-state index contributed by atoms with van der Waals surface area (Å²) < 4.78 is 1.22. The molecule has 0 aromatic heterocycles. The minimum atomic E-state index is 0.695. The summed E-state index contributed by atoms with van der Waals surface area (Å²) in [4.78, 5) is 2.47. The van der Waals surface area contributed by atoms with Crippen molar-refractivity contribution >= 4 is 21.6 Å². The van der Waals surface area contributed by atoms with Gasteiger partial charge in [0, 0.05) is 23.6 Å². The number of nitrogens with one attached hydrogen (secondary N) is 1. The number of halogens is 1. The molecule has 0 aliphatic carbocycles. The molecule has 1 fully saturated rings. The fourth-order valence-corrected chi connectivity index (χ4v) is 3.02. The summed E-state index contributed by atoms with van der Waals surface area (Å²) in [5.41, 5.74) is 2.64. The van der Waals surface area contributed by atoms with Crippen LogP contribution in [0.2, 0.25) is 0 Å². The van der Waals surface area contributed by atoms with E-state index in [1.54, 1.807) is 0 Å². The Labute approximate surface area is 106 Å². The van der Waals surface area contributed by atoms with Crippen LogP contribution in [-0.4, -0.2) is 26.2 Å². The highest BCUT2D eigenvalue weighted by Gasteiger charge is 2.19. The first-order valence-corrected chi connectivity index (χ1v) is 6.68. The molecule has 1 aliphatic heterocycles. The lowest BCUT2D eigenvalue weighted by Crippen LogP contribution is -2.41. The summed E-state index contributed by atoms with van der Waals surface area (Å²) in [6.45, 7) is 4.42. The third-order valence-corrected chi connectivity index (χ3v) is 3.98. The van der Waals surface area contributed by atoms with Crippen LogP contribution in [0.3, 0.4) is 0 Å². The second-order valence-electron chi connectivity index (χ2n) is 4.50. The van der Waals surface area contributed by atoms with Crippen LogP contribution in [-0.2, 0) is 0 Å². The van der Waals surface area contributed by atoms with Gasteiger partial charge in [0.05, 0.1) is 5.69 Å². The third kappa shape index (κ3) is 2.58. The number of hydrogen-bond acceptors (Lipinski definition) is 2. The molecule has 1 aromatic carbocycles. The summed E-state index contributed by atoms with van der Waals surface area (Å²) >= 11 is 3.66. The Kier molecular flexibility index (Phi) is 3.87. The molecule has 0 unspecified atom stereocenters. The first-order chi connectivity index (χ1) is 7.70. The number of nitrogens with zero attached hydrogens (tertiary/aromatic N) is 1. The van der Waals surface area contributed by atoms with Crippen LogP contribution in [0, 0.1) is 6.92 Å². The van der Waals surface area contributed by atoms with Crippen LogP contribution in [0.15, 0.2) is 22.7 Å². The van der Waals surface area contributed by atoms with E-state index in [-0.39, 0.29) is 0 Å². The maximum absolute atomic E-state index is 3.66. The normalized spacial score (nSPS) is 17.8. The van der Waals surface area contributed by atoms with Gasteiger partial charge in [-0.1, -0.05) is 6.07 Å². The second kappa shape index (κ2) is 5.19. The fourth-order valence-electron chi connectivity index (χ4n) is 2.28. The Bertz CT molecular complexity index is 357. The highest BCUT2D eigenvalue weighted by Crippen LogP contribution is 2.29. The van der Waals surface area contributed by atoms with E-state index in [1.807, 2.05) is 0 Å². The van der Waals surface area contributed by atoms with Gasteiger partial charge in [-0.15, -0.1) is 0 Å². The van der Waals surface area contributed by atoms with Gasteiger partial charge in [0.2, 0.25) is 0 Å². The van der Waals surface area contributed by atoms with Gasteiger partial charge in [0.25, 0.3) is 0 Å². The van der Waals surface area contributed by atoms with Crippen LogP contribution in [0.4, 0.5) is 5.69 Å². The van der Waals surface area contributed by atoms with Crippen molar-refractivity contribution in [2.24, 2.45) is 0 Å². The largest absolute Gasteiger partial charge is 0.371 e. The maximum Gasteiger partial charge on any atom is 0.0510 e. The van der Waals surface area contributed by atoms with Crippen molar-refractivity contribution in [1.82, 2.24) is 5.32 Å². The average Bonchev–Trinajstić information content (AvgIpc) is 2.29. The van der Waals surface area contributed by atoms with Crippen molar-refractivity contribution in [1.29, 1.82) is 0 Å². The Morgan fingerprint density at radius 1 is 1.31 bits per heavy atom. The minimum absolute atomic E-state index is 0.695. The first-order valence-electron chi connectivity index (χ1n) is 5.89. The predicted molar refractivity (Wildman–Crippen MR) is 73.2 cm³/mol. The van der Waals surface area contributed by atoms with Gasteiger partial charge in [-0.05, 0) is 60.4 Å². The van der Waals surface area contributed by atoms with Crippen LogP contribution in [0.1, 0.15) is 18.4 Å². The quantitative estimate of drug-likeness (QED) is 0.897. The van der Waals surface area contributed by atoms with E-state index < -0.39 is 0 Å². The first kappa shape index (κ1) is 11.9. The van der Waals surface area contributed by atoms with Gasteiger partial charge in [-0.3, -0.25) is 0 Å². The standard InChI is InChI=1S/C13H19BrN2/c1-10-3-4-13(12(14)9-10)16-7-5-11(15-2)6-8-16/h3-4,9,11,15H,5-8H2,1-2H3. The number of hydrogen-bond donors (Lipinski definition) is 1. The monoisotopic (exact) mass is 282 g/mol. The number of rotatable bonds is 2. The molecule has 1 N–H and O–H groups in total. The minimum Gasteiger partial charge on any atom is -0.371 e. The summed E-state index contributed by atoms with van der Waals surface area (Å²) in [6.07, 6.45) is 2.47. The van der Waals surface area contributed by atoms with Crippen molar-refractivity contribution in [3.63, 3.8) is 0 Å². The summed E-state index contributed by atoms with van der Waals surface area (Å²) in [5.74, 6) is 0. The van der Waals surface area contributed by atoms with E-state index >= 15 is 0 Å². The molecule has 0 amide bonds. The van der Waals surface area contributed by atoms with Crippen LogP contribution in [0.25, 0.3) is 0 Å². The lowest BCUT2D eigenvalue weighted by Gasteiger charge is -2.34. The number of aryl methyl sites for hydroxylation is 1. The molecule has 88 valence electrons. The summed E-state index contributed by atoms with van der Waals surface area (Å²) in [6, 6.07) is 7.29. The van der Waals surface area contributed by atoms with Crippen molar-refractivity contribution in [2.75, 3.05) is 25.0 Å². The van der Waals surface area contributed by atoms with Crippen LogP contribution in [0.5, 0.6) is 0 Å². The molecule has 3 heteroatoms. The molecule has 1 heterocycles. The predicted octanol–water partition coefficient (Wildman–Crippen LogP) is 2.95. The smallest absolute Gasteiger partial charge is 0.0510 e. The molecule has 16 heavy (non-hydrogen) atoms. The van der Waals surface area contributed by atoms with E-state index in [1.165, 1.54) is 28.6 Å². The molecule has 2 rings (SSSR count). The number of piperidine rings is 1. The Morgan fingerprint density at radius 3 is 2.56 bits per heavy atom. The number of benzene rings is 1. The van der Waals surface area contributed by atoms with Crippen molar-refractivity contribution in [3.8, 4) is 0 Å². The van der Waals surface area contributed by atoms with E-state index in [4.69, 9.17) is 0 Å². The zero-order valence-corrected chi connectivity index (χ0v) is 11.5. The van der Waals surface area contributed by atoms with Gasteiger partial charge in [0.1, 0.15) is 0 Å². The average molecular weight is 283 g/mol. The van der Waals surface area contributed by atoms with E-state index in [0.717, 1.165) is 13.1 Å². The molecular weight excluding hydrogens is 264 g/mol. The lowest BCUT2D eigenvalue weighted by molar-refractivity contribution is 0.442. The summed E-state index contributed by atoms with van der Waals surface area (Å²) in [5, 5.41) is 3.36. The van der Waals surface area contributed by atoms with Gasteiger partial charge in [-0.2, -0.15) is 0 Å². The number of anilines is 1. The van der Waals surface area contributed by atoms with E-state index in [0.29, 0.717) is 6.04 Å². The van der Waals surface area contributed by atoms with Crippen LogP contribution < -0.4 is 10.2 Å². The van der Waals surface area contributed by atoms with Crippen molar-refractivity contribution in [3.05, 3.63) is 28.2 Å². The maximum atomic E-state index is 3.66. The lowest BCUT2D eigenvalue weighted by atomic mass is 10.0. The van der Waals surface area contributed by atoms with Crippen molar-refractivity contribution < 1.29 is 0 Å². The van der Waals surface area contributed by atoms with Crippen molar-refractivity contribution in [2.45, 2.75) is 25.8 Å². The van der Waals surface area contributed by atoms with Crippen LogP contribution >= 0.6 is 15.9 Å². The fraction of sp³-hybridized carbons (Fsp3) is 0.538. The van der Waals surface area contributed by atoms with Gasteiger partial charge >= 0.3 is 0 Å². The highest BCUT2D eigenvalue weighted by molar-refractivity contribution is 9.10. The molecule has 2 nitrogen and oxygen atoms in total. The molecular formula is C13H19BrN2. The second-order valence-corrected chi connectivity index (χ2v) is 5.36. The zero-order valence-electron chi connectivity index (χ0n) is 9.96. The van der Waals surface area contributed by atoms with E-state index in [9.17, 15) is 0 Å². The zero-order chi connectivity index (χ0) is 11.5. The molecule has 1 aromatic rings. The topological polar surface area (TPSA) is 15.3 Å². The van der Waals surface area contributed by atoms with Gasteiger partial charge in [-0.25, -0.2) is 0 Å².